The number of benzene rings is 1. The molecule has 0 atom stereocenters. The highest BCUT2D eigenvalue weighted by atomic mass is 79.9. The summed E-state index contributed by atoms with van der Waals surface area (Å²) in [7, 11) is 1.19. The van der Waals surface area contributed by atoms with Crippen LogP contribution in [0.3, 0.4) is 0 Å². The minimum absolute atomic E-state index is 0.0472. The minimum Gasteiger partial charge on any atom is -0.276 e. The maximum atomic E-state index is 11.1. The SMILES string of the molecule is O=C(Cl)c1cc(S(=O)(=O)Cl)c(Br)cc1Cl. The lowest BCUT2D eigenvalue weighted by molar-refractivity contribution is 0.108. The van der Waals surface area contributed by atoms with Crippen LogP contribution in [0.5, 0.6) is 0 Å². The summed E-state index contributed by atoms with van der Waals surface area (Å²) in [5.74, 6) is 0. The normalized spacial score (nSPS) is 11.5. The lowest BCUT2D eigenvalue weighted by Gasteiger charge is -2.04. The molecule has 0 aromatic heterocycles. The predicted octanol–water partition coefficient (Wildman–Crippen LogP) is 3.41. The molecule has 0 unspecified atom stereocenters. The standard InChI is InChI=1S/C7H2BrCl3O3S/c8-4-2-5(9)3(7(10)12)1-6(4)15(11,13)14/h1-2H. The smallest absolute Gasteiger partial charge is 0.262 e. The monoisotopic (exact) mass is 350 g/mol. The number of carbonyl (C=O) groups is 1. The highest BCUT2D eigenvalue weighted by Gasteiger charge is 2.19. The van der Waals surface area contributed by atoms with Crippen molar-refractivity contribution < 1.29 is 13.2 Å². The van der Waals surface area contributed by atoms with Gasteiger partial charge >= 0.3 is 0 Å². The quantitative estimate of drug-likeness (QED) is 0.767. The van der Waals surface area contributed by atoms with Gasteiger partial charge in [0.2, 0.25) is 0 Å². The van der Waals surface area contributed by atoms with E-state index in [9.17, 15) is 13.2 Å². The Balaban J connectivity index is 3.58. The fourth-order valence-corrected chi connectivity index (χ4v) is 3.65. The Labute approximate surface area is 109 Å². The van der Waals surface area contributed by atoms with E-state index in [1.54, 1.807) is 0 Å². The molecule has 1 aromatic rings. The van der Waals surface area contributed by atoms with Crippen LogP contribution in [0.15, 0.2) is 21.5 Å². The number of carbonyl (C=O) groups excluding carboxylic acids is 1. The molecule has 15 heavy (non-hydrogen) atoms. The van der Waals surface area contributed by atoms with E-state index in [0.717, 1.165) is 6.07 Å². The molecule has 1 rings (SSSR count). The molecule has 0 heterocycles. The van der Waals surface area contributed by atoms with Crippen molar-refractivity contribution in [1.29, 1.82) is 0 Å². The van der Waals surface area contributed by atoms with Crippen molar-refractivity contribution in [2.45, 2.75) is 4.90 Å². The zero-order valence-electron chi connectivity index (χ0n) is 6.80. The van der Waals surface area contributed by atoms with Gasteiger partial charge in [-0.25, -0.2) is 8.42 Å². The molecule has 0 aliphatic rings. The third kappa shape index (κ3) is 3.07. The average molecular weight is 352 g/mol. The molecule has 0 amide bonds. The van der Waals surface area contributed by atoms with Gasteiger partial charge in [0.1, 0.15) is 0 Å². The molecule has 1 aromatic carbocycles. The van der Waals surface area contributed by atoms with Gasteiger partial charge < -0.3 is 0 Å². The van der Waals surface area contributed by atoms with Gasteiger partial charge in [-0.15, -0.1) is 0 Å². The Morgan fingerprint density at radius 2 is 1.87 bits per heavy atom. The Kier molecular flexibility index (Phi) is 4.06. The Morgan fingerprint density at radius 3 is 2.27 bits per heavy atom. The summed E-state index contributed by atoms with van der Waals surface area (Å²) in [5.41, 5.74) is -0.110. The van der Waals surface area contributed by atoms with Gasteiger partial charge in [-0.05, 0) is 39.7 Å². The lowest BCUT2D eigenvalue weighted by atomic mass is 10.2. The summed E-state index contributed by atoms with van der Waals surface area (Å²) >= 11 is 13.8. The fraction of sp³-hybridized carbons (Fsp3) is 0. The summed E-state index contributed by atoms with van der Waals surface area (Å²) < 4.78 is 22.3. The Bertz CT molecular complexity index is 527. The molecule has 0 N–H and O–H groups in total. The van der Waals surface area contributed by atoms with Crippen molar-refractivity contribution in [2.24, 2.45) is 0 Å². The first kappa shape index (κ1) is 13.3. The van der Waals surface area contributed by atoms with Crippen molar-refractivity contribution in [3.8, 4) is 0 Å². The molecular formula is C7H2BrCl3O3S. The molecule has 0 aliphatic carbocycles. The molecule has 0 spiro atoms. The molecule has 8 heteroatoms. The van der Waals surface area contributed by atoms with E-state index in [1.807, 2.05) is 0 Å². The van der Waals surface area contributed by atoms with Crippen LogP contribution < -0.4 is 0 Å². The largest absolute Gasteiger partial charge is 0.276 e. The second kappa shape index (κ2) is 4.59. The Hall–Kier alpha value is 0.190. The van der Waals surface area contributed by atoms with E-state index in [-0.39, 0.29) is 20.0 Å². The van der Waals surface area contributed by atoms with E-state index in [2.05, 4.69) is 15.9 Å². The van der Waals surface area contributed by atoms with Crippen LogP contribution in [0, 0.1) is 0 Å². The summed E-state index contributed by atoms with van der Waals surface area (Å²) in [6, 6.07) is 2.26. The maximum absolute atomic E-state index is 11.1. The van der Waals surface area contributed by atoms with Gasteiger partial charge in [0.25, 0.3) is 14.3 Å². The van der Waals surface area contributed by atoms with E-state index in [0.29, 0.717) is 0 Å². The van der Waals surface area contributed by atoms with Gasteiger partial charge in [0.05, 0.1) is 15.5 Å². The van der Waals surface area contributed by atoms with Crippen LogP contribution in [0.1, 0.15) is 10.4 Å². The molecule has 0 radical (unpaired) electrons. The fourth-order valence-electron chi connectivity index (χ4n) is 0.867. The van der Waals surface area contributed by atoms with Gasteiger partial charge in [0.15, 0.2) is 0 Å². The minimum atomic E-state index is -3.95. The zero-order valence-corrected chi connectivity index (χ0v) is 11.5. The van der Waals surface area contributed by atoms with Gasteiger partial charge in [-0.1, -0.05) is 11.6 Å². The van der Waals surface area contributed by atoms with Crippen molar-refractivity contribution in [2.75, 3.05) is 0 Å². The first-order chi connectivity index (χ1) is 6.73. The van der Waals surface area contributed by atoms with Crippen molar-refractivity contribution in [1.82, 2.24) is 0 Å². The molecule has 0 saturated carbocycles. The maximum Gasteiger partial charge on any atom is 0.262 e. The molecule has 0 aliphatic heterocycles. The number of halogens is 4. The third-order valence-electron chi connectivity index (χ3n) is 1.50. The van der Waals surface area contributed by atoms with Crippen LogP contribution >= 0.6 is 49.8 Å². The highest BCUT2D eigenvalue weighted by Crippen LogP contribution is 2.31. The molecule has 0 saturated heterocycles. The van der Waals surface area contributed by atoms with Gasteiger partial charge in [-0.2, -0.15) is 0 Å². The van der Waals surface area contributed by atoms with E-state index in [4.69, 9.17) is 33.9 Å². The molecular weight excluding hydrogens is 350 g/mol. The Morgan fingerprint density at radius 1 is 1.33 bits per heavy atom. The van der Waals surface area contributed by atoms with Crippen LogP contribution in [0.25, 0.3) is 0 Å². The van der Waals surface area contributed by atoms with Crippen LogP contribution in [-0.2, 0) is 9.05 Å². The van der Waals surface area contributed by atoms with Gasteiger partial charge in [-0.3, -0.25) is 4.79 Å². The van der Waals surface area contributed by atoms with Crippen LogP contribution in [-0.4, -0.2) is 13.7 Å². The van der Waals surface area contributed by atoms with E-state index < -0.39 is 14.3 Å². The van der Waals surface area contributed by atoms with Crippen LogP contribution in [0.2, 0.25) is 5.02 Å². The molecule has 0 bridgehead atoms. The van der Waals surface area contributed by atoms with Crippen LogP contribution in [0.4, 0.5) is 0 Å². The van der Waals surface area contributed by atoms with E-state index >= 15 is 0 Å². The zero-order chi connectivity index (χ0) is 11.8. The number of rotatable bonds is 2. The molecule has 3 nitrogen and oxygen atoms in total. The first-order valence-electron chi connectivity index (χ1n) is 3.37. The summed E-state index contributed by atoms with van der Waals surface area (Å²) in [4.78, 5) is 10.6. The van der Waals surface area contributed by atoms with Crippen molar-refractivity contribution in [3.05, 3.63) is 27.2 Å². The summed E-state index contributed by atoms with van der Waals surface area (Å²) in [6.45, 7) is 0. The number of hydrogen-bond donors (Lipinski definition) is 0. The predicted molar refractivity (Wildman–Crippen MR) is 62.4 cm³/mol. The second-order valence-corrected chi connectivity index (χ2v) is 6.61. The van der Waals surface area contributed by atoms with E-state index in [1.165, 1.54) is 6.07 Å². The molecule has 0 fully saturated rings. The summed E-state index contributed by atoms with van der Waals surface area (Å²) in [5, 5.41) is -0.806. The van der Waals surface area contributed by atoms with Crippen molar-refractivity contribution in [3.63, 3.8) is 0 Å². The summed E-state index contributed by atoms with van der Waals surface area (Å²) in [6.07, 6.45) is 0. The van der Waals surface area contributed by atoms with Gasteiger partial charge in [0, 0.05) is 15.2 Å². The first-order valence-corrected chi connectivity index (χ1v) is 7.23. The topological polar surface area (TPSA) is 51.2 Å². The highest BCUT2D eigenvalue weighted by molar-refractivity contribution is 9.10. The third-order valence-corrected chi connectivity index (χ3v) is 4.29. The molecule has 82 valence electrons. The number of hydrogen-bond acceptors (Lipinski definition) is 3. The lowest BCUT2D eigenvalue weighted by Crippen LogP contribution is -1.98. The van der Waals surface area contributed by atoms with Crippen molar-refractivity contribution >= 4 is 64.1 Å². The second-order valence-electron chi connectivity index (χ2n) is 2.47. The average Bonchev–Trinajstić information content (AvgIpc) is 2.00.